The van der Waals surface area contributed by atoms with Gasteiger partial charge >= 0.3 is 6.03 Å². The SMILES string of the molecule is C=C(OC)/C(=C(\CC)OC)n1c(NS(=O)(=O)[C@H]2C[C@@H](O)CN(C(=O)N(C)C)C2)nnc1-c1ccc(C)o1. The average Bonchev–Trinajstić information content (AvgIpc) is 3.46. The first-order chi connectivity index (χ1) is 17.4. The van der Waals surface area contributed by atoms with Gasteiger partial charge in [0.05, 0.1) is 20.3 Å². The van der Waals surface area contributed by atoms with Gasteiger partial charge in [0.2, 0.25) is 21.8 Å². The predicted octanol–water partition coefficient (Wildman–Crippen LogP) is 2.09. The molecule has 0 bridgehead atoms. The summed E-state index contributed by atoms with van der Waals surface area (Å²) in [6, 6.07) is 3.03. The van der Waals surface area contributed by atoms with Gasteiger partial charge in [-0.3, -0.25) is 9.29 Å². The molecule has 0 aromatic carbocycles. The van der Waals surface area contributed by atoms with Crippen LogP contribution in [0.25, 0.3) is 17.3 Å². The first kappa shape index (κ1) is 28.1. The predicted molar refractivity (Wildman–Crippen MR) is 137 cm³/mol. The van der Waals surface area contributed by atoms with Crippen LogP contribution in [0.2, 0.25) is 0 Å². The molecule has 0 aliphatic carbocycles. The third-order valence-electron chi connectivity index (χ3n) is 5.91. The number of urea groups is 1. The van der Waals surface area contributed by atoms with Gasteiger partial charge in [-0.05, 0) is 25.5 Å². The summed E-state index contributed by atoms with van der Waals surface area (Å²) in [4.78, 5) is 15.1. The highest BCUT2D eigenvalue weighted by atomic mass is 32.2. The highest BCUT2D eigenvalue weighted by Gasteiger charge is 2.38. The molecule has 2 N–H and O–H groups in total. The lowest BCUT2D eigenvalue weighted by atomic mass is 10.1. The van der Waals surface area contributed by atoms with Gasteiger partial charge < -0.3 is 28.8 Å². The number of aryl methyl sites for hydroxylation is 1. The Bertz CT molecular complexity index is 1270. The lowest BCUT2D eigenvalue weighted by Crippen LogP contribution is -2.54. The zero-order chi connectivity index (χ0) is 27.5. The Morgan fingerprint density at radius 2 is 1.97 bits per heavy atom. The van der Waals surface area contributed by atoms with E-state index in [1.807, 2.05) is 6.92 Å². The molecule has 2 atom stereocenters. The second-order valence-corrected chi connectivity index (χ2v) is 10.8. The first-order valence-electron chi connectivity index (χ1n) is 11.6. The number of piperidine rings is 1. The first-order valence-corrected chi connectivity index (χ1v) is 13.2. The number of nitrogens with one attached hydrogen (secondary N) is 1. The van der Waals surface area contributed by atoms with Crippen LogP contribution >= 0.6 is 0 Å². The zero-order valence-electron chi connectivity index (χ0n) is 21.9. The van der Waals surface area contributed by atoms with Crippen LogP contribution in [0.3, 0.4) is 0 Å². The molecule has 0 saturated carbocycles. The smallest absolute Gasteiger partial charge is 0.319 e. The number of likely N-dealkylation sites (tertiary alicyclic amines) is 1. The topological polar surface area (TPSA) is 152 Å². The molecule has 2 aromatic rings. The lowest BCUT2D eigenvalue weighted by Gasteiger charge is -2.36. The fraction of sp³-hybridized carbons (Fsp3) is 0.522. The highest BCUT2D eigenvalue weighted by molar-refractivity contribution is 7.93. The standard InChI is InChI=1S/C23H34N6O7S/c1-8-18(35-7)20(15(3)34-6)29-21(19-10-9-14(2)36-19)24-25-22(29)26-37(32,33)17-11-16(30)12-28(13-17)23(31)27(4)5/h9-10,16-17,30H,3,8,11-13H2,1-2,4-7H3,(H,25,26)/b20-18-/t16-,17+/m1/s1. The summed E-state index contributed by atoms with van der Waals surface area (Å²) in [5, 5.41) is 17.5. The molecule has 13 nitrogen and oxygen atoms in total. The minimum atomic E-state index is -4.16. The number of allylic oxidation sites excluding steroid dienone is 2. The Kier molecular flexibility index (Phi) is 8.53. The maximum absolute atomic E-state index is 13.5. The van der Waals surface area contributed by atoms with Crippen LogP contribution in [0.5, 0.6) is 0 Å². The molecule has 204 valence electrons. The van der Waals surface area contributed by atoms with Crippen LogP contribution in [0.4, 0.5) is 10.7 Å². The van der Waals surface area contributed by atoms with Gasteiger partial charge in [-0.15, -0.1) is 10.2 Å². The summed E-state index contributed by atoms with van der Waals surface area (Å²) in [5.74, 6) is 1.60. The van der Waals surface area contributed by atoms with Crippen molar-refractivity contribution in [1.82, 2.24) is 24.6 Å². The number of anilines is 1. The number of carbonyl (C=O) groups is 1. The number of methoxy groups -OCH3 is 2. The summed E-state index contributed by atoms with van der Waals surface area (Å²) in [5.41, 5.74) is 0.298. The van der Waals surface area contributed by atoms with Crippen molar-refractivity contribution in [3.05, 3.63) is 36.0 Å². The van der Waals surface area contributed by atoms with E-state index in [1.165, 1.54) is 28.6 Å². The van der Waals surface area contributed by atoms with E-state index in [0.29, 0.717) is 29.4 Å². The van der Waals surface area contributed by atoms with Crippen molar-refractivity contribution in [2.75, 3.05) is 46.1 Å². The van der Waals surface area contributed by atoms with Crippen molar-refractivity contribution >= 4 is 27.7 Å². The Morgan fingerprint density at radius 3 is 2.51 bits per heavy atom. The number of sulfonamides is 1. The van der Waals surface area contributed by atoms with E-state index in [9.17, 15) is 18.3 Å². The largest absolute Gasteiger partial charge is 0.499 e. The van der Waals surface area contributed by atoms with E-state index in [-0.39, 0.29) is 37.0 Å². The molecule has 37 heavy (non-hydrogen) atoms. The number of aromatic nitrogens is 3. The quantitative estimate of drug-likeness (QED) is 0.361. The molecule has 1 saturated heterocycles. The summed E-state index contributed by atoms with van der Waals surface area (Å²) in [7, 11) is 1.86. The van der Waals surface area contributed by atoms with Gasteiger partial charge in [-0.1, -0.05) is 13.5 Å². The number of furan rings is 1. The van der Waals surface area contributed by atoms with E-state index in [2.05, 4.69) is 21.5 Å². The average molecular weight is 539 g/mol. The zero-order valence-corrected chi connectivity index (χ0v) is 22.7. The van der Waals surface area contributed by atoms with Crippen molar-refractivity contribution in [2.24, 2.45) is 0 Å². The molecule has 0 radical (unpaired) electrons. The molecule has 3 heterocycles. The van der Waals surface area contributed by atoms with Gasteiger partial charge in [0.15, 0.2) is 5.76 Å². The monoisotopic (exact) mass is 538 g/mol. The number of carbonyl (C=O) groups excluding carboxylic acids is 1. The van der Waals surface area contributed by atoms with E-state index < -0.39 is 27.4 Å². The molecule has 2 aromatic heterocycles. The number of hydrogen-bond donors (Lipinski definition) is 2. The third kappa shape index (κ3) is 5.91. The van der Waals surface area contributed by atoms with Gasteiger partial charge in [-0.2, -0.15) is 0 Å². The highest BCUT2D eigenvalue weighted by Crippen LogP contribution is 2.33. The summed E-state index contributed by atoms with van der Waals surface area (Å²) < 4.78 is 47.7. The Labute approximate surface area is 216 Å². The minimum Gasteiger partial charge on any atom is -0.499 e. The number of aliphatic hydroxyl groups excluding tert-OH is 1. The van der Waals surface area contributed by atoms with Gasteiger partial charge in [0.25, 0.3) is 0 Å². The van der Waals surface area contributed by atoms with Crippen molar-refractivity contribution in [2.45, 2.75) is 38.0 Å². The van der Waals surface area contributed by atoms with Crippen LogP contribution in [0.1, 0.15) is 25.5 Å². The number of hydrogen-bond acceptors (Lipinski definition) is 9. The molecule has 14 heteroatoms. The summed E-state index contributed by atoms with van der Waals surface area (Å²) >= 11 is 0. The summed E-state index contributed by atoms with van der Waals surface area (Å²) in [6.07, 6.45) is -0.648. The molecule has 1 aliphatic rings. The van der Waals surface area contributed by atoms with Crippen LogP contribution in [0.15, 0.2) is 34.6 Å². The number of ether oxygens (including phenoxy) is 2. The molecular weight excluding hydrogens is 504 g/mol. The number of rotatable bonds is 9. The van der Waals surface area contributed by atoms with Crippen LogP contribution < -0.4 is 4.72 Å². The molecular formula is C23H34N6O7S. The van der Waals surface area contributed by atoms with Crippen molar-refractivity contribution in [3.63, 3.8) is 0 Å². The number of β-amino-alcohol motifs (C(OH)–C–C–N with tert-alkyl or cyclic N) is 1. The third-order valence-corrected chi connectivity index (χ3v) is 7.59. The fourth-order valence-corrected chi connectivity index (χ4v) is 5.49. The van der Waals surface area contributed by atoms with E-state index in [0.717, 1.165) is 0 Å². The van der Waals surface area contributed by atoms with Crippen molar-refractivity contribution in [1.29, 1.82) is 0 Å². The second kappa shape index (κ2) is 11.3. The minimum absolute atomic E-state index is 0.0372. The molecule has 0 spiro atoms. The maximum Gasteiger partial charge on any atom is 0.319 e. The molecule has 3 rings (SSSR count). The molecule has 0 unspecified atom stereocenters. The Hall–Kier alpha value is -3.52. The normalized spacial score (nSPS) is 18.7. The van der Waals surface area contributed by atoms with Crippen LogP contribution in [0, 0.1) is 6.92 Å². The number of aliphatic hydroxyl groups is 1. The van der Waals surface area contributed by atoms with Gasteiger partial charge in [0.1, 0.15) is 28.2 Å². The summed E-state index contributed by atoms with van der Waals surface area (Å²) in [6.45, 7) is 7.49. The maximum atomic E-state index is 13.5. The van der Waals surface area contributed by atoms with Crippen LogP contribution in [-0.4, -0.2) is 96.9 Å². The van der Waals surface area contributed by atoms with E-state index >= 15 is 0 Å². The lowest BCUT2D eigenvalue weighted by molar-refractivity contribution is 0.0777. The Balaban J connectivity index is 2.11. The second-order valence-electron chi connectivity index (χ2n) is 8.79. The fourth-order valence-electron chi connectivity index (χ4n) is 4.09. The molecule has 1 fully saturated rings. The van der Waals surface area contributed by atoms with Gasteiger partial charge in [-0.25, -0.2) is 13.2 Å². The number of nitrogens with zero attached hydrogens (tertiary/aromatic N) is 5. The number of amides is 2. The molecule has 2 amide bonds. The van der Waals surface area contributed by atoms with Crippen molar-refractivity contribution in [3.8, 4) is 11.6 Å². The van der Waals surface area contributed by atoms with E-state index in [1.54, 1.807) is 33.2 Å². The van der Waals surface area contributed by atoms with Crippen LogP contribution in [-0.2, 0) is 19.5 Å². The molecule has 1 aliphatic heterocycles. The van der Waals surface area contributed by atoms with E-state index in [4.69, 9.17) is 13.9 Å². The van der Waals surface area contributed by atoms with Crippen molar-refractivity contribution < 1.29 is 32.2 Å². The Morgan fingerprint density at radius 1 is 1.27 bits per heavy atom. The van der Waals surface area contributed by atoms with Gasteiger partial charge in [0, 0.05) is 33.6 Å².